The maximum absolute atomic E-state index is 13.1. The van der Waals surface area contributed by atoms with Gasteiger partial charge in [0.05, 0.1) is 11.8 Å². The quantitative estimate of drug-likeness (QED) is 0.912. The van der Waals surface area contributed by atoms with Crippen LogP contribution in [0.1, 0.15) is 18.5 Å². The average Bonchev–Trinajstić information content (AvgIpc) is 3.10. The molecule has 0 spiro atoms. The highest BCUT2D eigenvalue weighted by atomic mass is 19.1. The van der Waals surface area contributed by atoms with Crippen LogP contribution in [-0.4, -0.2) is 24.2 Å². The fourth-order valence-corrected chi connectivity index (χ4v) is 2.31. The predicted molar refractivity (Wildman–Crippen MR) is 72.6 cm³/mol. The minimum Gasteiger partial charge on any atom is -0.444 e. The van der Waals surface area contributed by atoms with Crippen molar-refractivity contribution >= 4 is 0 Å². The highest BCUT2D eigenvalue weighted by molar-refractivity contribution is 5.52. The second kappa shape index (κ2) is 6.15. The molecule has 3 rings (SSSR count). The van der Waals surface area contributed by atoms with Crippen molar-refractivity contribution in [1.82, 2.24) is 10.3 Å². The first kappa shape index (κ1) is 13.3. The number of aromatic nitrogens is 1. The summed E-state index contributed by atoms with van der Waals surface area (Å²) in [5, 5.41) is 3.30. The van der Waals surface area contributed by atoms with Crippen molar-refractivity contribution in [3.05, 3.63) is 42.0 Å². The van der Waals surface area contributed by atoms with Gasteiger partial charge in [0.1, 0.15) is 12.1 Å². The summed E-state index contributed by atoms with van der Waals surface area (Å²) in [4.78, 5) is 4.35. The van der Waals surface area contributed by atoms with Crippen LogP contribution in [0.15, 0.2) is 34.9 Å². The summed E-state index contributed by atoms with van der Waals surface area (Å²) in [5.74, 6) is 0.150. The topological polar surface area (TPSA) is 47.3 Å². The lowest BCUT2D eigenvalue weighted by atomic mass is 10.2. The first-order valence-electron chi connectivity index (χ1n) is 6.84. The molecule has 0 unspecified atom stereocenters. The van der Waals surface area contributed by atoms with E-state index in [9.17, 15) is 4.39 Å². The van der Waals surface area contributed by atoms with Crippen LogP contribution in [0.4, 0.5) is 4.39 Å². The lowest BCUT2D eigenvalue weighted by molar-refractivity contribution is 0.110. The molecule has 106 valence electrons. The summed E-state index contributed by atoms with van der Waals surface area (Å²) in [6.07, 6.45) is 4.16. The molecule has 0 saturated carbocycles. The molecule has 0 aliphatic carbocycles. The van der Waals surface area contributed by atoms with Gasteiger partial charge < -0.3 is 14.5 Å². The minimum atomic E-state index is -0.293. The normalized spacial score (nSPS) is 18.6. The van der Waals surface area contributed by atoms with Gasteiger partial charge in [-0.1, -0.05) is 6.07 Å². The van der Waals surface area contributed by atoms with Crippen molar-refractivity contribution < 1.29 is 13.5 Å². The molecule has 0 bridgehead atoms. The molecule has 1 aliphatic heterocycles. The Kier molecular flexibility index (Phi) is 4.08. The molecule has 1 saturated heterocycles. The van der Waals surface area contributed by atoms with Gasteiger partial charge in [-0.3, -0.25) is 0 Å². The summed E-state index contributed by atoms with van der Waals surface area (Å²) >= 11 is 0. The van der Waals surface area contributed by atoms with Crippen LogP contribution in [0.2, 0.25) is 0 Å². The Morgan fingerprint density at radius 1 is 1.40 bits per heavy atom. The zero-order chi connectivity index (χ0) is 13.8. The molecule has 1 atom stereocenters. The zero-order valence-corrected chi connectivity index (χ0v) is 11.1. The third kappa shape index (κ3) is 3.23. The monoisotopic (exact) mass is 276 g/mol. The molecule has 0 radical (unpaired) electrons. The van der Waals surface area contributed by atoms with Crippen LogP contribution in [0.25, 0.3) is 11.5 Å². The molecular formula is C15H17FN2O2. The Morgan fingerprint density at radius 3 is 3.15 bits per heavy atom. The number of nitrogens with one attached hydrogen (secondary N) is 1. The van der Waals surface area contributed by atoms with E-state index in [0.29, 0.717) is 24.1 Å². The summed E-state index contributed by atoms with van der Waals surface area (Å²) in [6.45, 7) is 2.31. The van der Waals surface area contributed by atoms with Crippen molar-refractivity contribution in [2.45, 2.75) is 25.5 Å². The molecule has 1 fully saturated rings. The number of hydrogen-bond acceptors (Lipinski definition) is 4. The number of halogens is 1. The van der Waals surface area contributed by atoms with Gasteiger partial charge in [0.25, 0.3) is 0 Å². The second-order valence-electron chi connectivity index (χ2n) is 4.92. The standard InChI is InChI=1S/C15H17FN2O2/c16-12-4-1-3-11(7-12)15-18-13(10-20-15)8-17-9-14-5-2-6-19-14/h1,3-4,7,10,14,17H,2,5-6,8-9H2/t14-/m0/s1. The van der Waals surface area contributed by atoms with E-state index in [1.54, 1.807) is 18.4 Å². The van der Waals surface area contributed by atoms with Crippen LogP contribution in [-0.2, 0) is 11.3 Å². The van der Waals surface area contributed by atoms with Gasteiger partial charge in [0.15, 0.2) is 0 Å². The number of ether oxygens (including phenoxy) is 1. The summed E-state index contributed by atoms with van der Waals surface area (Å²) in [6, 6.07) is 6.23. The van der Waals surface area contributed by atoms with Crippen molar-refractivity contribution in [1.29, 1.82) is 0 Å². The van der Waals surface area contributed by atoms with Crippen LogP contribution in [0, 0.1) is 5.82 Å². The Balaban J connectivity index is 1.56. The SMILES string of the molecule is Fc1cccc(-c2nc(CNC[C@@H]3CCCO3)co2)c1. The van der Waals surface area contributed by atoms with Gasteiger partial charge in [-0.2, -0.15) is 0 Å². The van der Waals surface area contributed by atoms with Crippen LogP contribution >= 0.6 is 0 Å². The molecule has 1 aromatic carbocycles. The van der Waals surface area contributed by atoms with E-state index in [0.717, 1.165) is 31.7 Å². The van der Waals surface area contributed by atoms with Gasteiger partial charge in [-0.05, 0) is 31.0 Å². The van der Waals surface area contributed by atoms with Crippen molar-refractivity contribution in [2.24, 2.45) is 0 Å². The lowest BCUT2D eigenvalue weighted by Crippen LogP contribution is -2.25. The molecule has 1 aliphatic rings. The van der Waals surface area contributed by atoms with E-state index < -0.39 is 0 Å². The van der Waals surface area contributed by atoms with Crippen molar-refractivity contribution in [3.63, 3.8) is 0 Å². The Hall–Kier alpha value is -1.72. The van der Waals surface area contributed by atoms with Crippen LogP contribution in [0.5, 0.6) is 0 Å². The first-order chi connectivity index (χ1) is 9.81. The first-order valence-corrected chi connectivity index (χ1v) is 6.84. The fraction of sp³-hybridized carbons (Fsp3) is 0.400. The van der Waals surface area contributed by atoms with Gasteiger partial charge in [-0.25, -0.2) is 9.37 Å². The van der Waals surface area contributed by atoms with Gasteiger partial charge >= 0.3 is 0 Å². The minimum absolute atomic E-state index is 0.293. The van der Waals surface area contributed by atoms with E-state index in [1.807, 2.05) is 0 Å². The molecule has 20 heavy (non-hydrogen) atoms. The van der Waals surface area contributed by atoms with Crippen LogP contribution in [0.3, 0.4) is 0 Å². The Labute approximate surface area is 117 Å². The Bertz CT molecular complexity index is 565. The smallest absolute Gasteiger partial charge is 0.226 e. The molecular weight excluding hydrogens is 259 g/mol. The maximum Gasteiger partial charge on any atom is 0.226 e. The number of nitrogens with zero attached hydrogens (tertiary/aromatic N) is 1. The van der Waals surface area contributed by atoms with E-state index in [4.69, 9.17) is 9.15 Å². The third-order valence-corrected chi connectivity index (χ3v) is 3.33. The van der Waals surface area contributed by atoms with E-state index >= 15 is 0 Å². The molecule has 2 heterocycles. The highest BCUT2D eigenvalue weighted by Gasteiger charge is 2.15. The summed E-state index contributed by atoms with van der Waals surface area (Å²) in [7, 11) is 0. The van der Waals surface area contributed by atoms with E-state index in [1.165, 1.54) is 12.1 Å². The molecule has 0 amide bonds. The lowest BCUT2D eigenvalue weighted by Gasteiger charge is -2.08. The molecule has 1 aromatic heterocycles. The number of hydrogen-bond donors (Lipinski definition) is 1. The molecule has 2 aromatic rings. The van der Waals surface area contributed by atoms with Crippen LogP contribution < -0.4 is 5.32 Å². The van der Waals surface area contributed by atoms with Crippen molar-refractivity contribution in [2.75, 3.05) is 13.2 Å². The number of benzene rings is 1. The number of oxazole rings is 1. The van der Waals surface area contributed by atoms with Gasteiger partial charge in [0, 0.05) is 25.3 Å². The summed E-state index contributed by atoms with van der Waals surface area (Å²) < 4.78 is 24.0. The largest absolute Gasteiger partial charge is 0.444 e. The molecule has 4 nitrogen and oxygen atoms in total. The fourth-order valence-electron chi connectivity index (χ4n) is 2.31. The van der Waals surface area contributed by atoms with E-state index in [2.05, 4.69) is 10.3 Å². The van der Waals surface area contributed by atoms with E-state index in [-0.39, 0.29) is 5.82 Å². The molecule has 5 heteroatoms. The highest BCUT2D eigenvalue weighted by Crippen LogP contribution is 2.19. The summed E-state index contributed by atoms with van der Waals surface area (Å²) in [5.41, 5.74) is 1.46. The maximum atomic E-state index is 13.1. The zero-order valence-electron chi connectivity index (χ0n) is 11.1. The Morgan fingerprint density at radius 2 is 2.35 bits per heavy atom. The van der Waals surface area contributed by atoms with Gasteiger partial charge in [0.2, 0.25) is 5.89 Å². The predicted octanol–water partition coefficient (Wildman–Crippen LogP) is 2.75. The van der Waals surface area contributed by atoms with Crippen molar-refractivity contribution in [3.8, 4) is 11.5 Å². The average molecular weight is 276 g/mol. The second-order valence-corrected chi connectivity index (χ2v) is 4.92. The molecule has 1 N–H and O–H groups in total. The third-order valence-electron chi connectivity index (χ3n) is 3.33. The van der Waals surface area contributed by atoms with Gasteiger partial charge in [-0.15, -0.1) is 0 Å². The number of rotatable bonds is 5.